The highest BCUT2D eigenvalue weighted by molar-refractivity contribution is 7.12. The minimum absolute atomic E-state index is 0.234. The maximum Gasteiger partial charge on any atom is 0.152 e. The third-order valence-electron chi connectivity index (χ3n) is 4.26. The van der Waals surface area contributed by atoms with E-state index in [1.807, 2.05) is 12.1 Å². The number of carbonyl (C=O) groups is 1. The number of hydrogen-bond acceptors (Lipinski definition) is 5. The molecule has 1 aliphatic heterocycles. The van der Waals surface area contributed by atoms with Crippen molar-refractivity contribution in [2.24, 2.45) is 0 Å². The van der Waals surface area contributed by atoms with Gasteiger partial charge in [-0.1, -0.05) is 30.3 Å². The number of piperazine rings is 1. The molecule has 0 aliphatic carbocycles. The smallest absolute Gasteiger partial charge is 0.152 e. The SMILES string of the molecule is N#Cc1ccc(CC(=O)CN2CCN(Cc3ccccc3)CC2)s1. The Kier molecular flexibility index (Phi) is 5.76. The molecule has 1 saturated heterocycles. The normalized spacial score (nSPS) is 16.0. The number of ketones is 1. The van der Waals surface area contributed by atoms with Gasteiger partial charge in [-0.05, 0) is 17.7 Å². The van der Waals surface area contributed by atoms with E-state index in [1.165, 1.54) is 16.9 Å². The van der Waals surface area contributed by atoms with Gasteiger partial charge in [0.05, 0.1) is 6.54 Å². The fourth-order valence-corrected chi connectivity index (χ4v) is 3.81. The summed E-state index contributed by atoms with van der Waals surface area (Å²) in [6.07, 6.45) is 0.441. The van der Waals surface area contributed by atoms with Crippen molar-refractivity contribution in [2.45, 2.75) is 13.0 Å². The van der Waals surface area contributed by atoms with Gasteiger partial charge < -0.3 is 0 Å². The zero-order chi connectivity index (χ0) is 16.8. The molecule has 1 aliphatic rings. The summed E-state index contributed by atoms with van der Waals surface area (Å²) in [6.45, 7) is 5.37. The van der Waals surface area contributed by atoms with E-state index in [2.05, 4.69) is 40.1 Å². The number of hydrogen-bond donors (Lipinski definition) is 0. The molecule has 1 aromatic heterocycles. The lowest BCUT2D eigenvalue weighted by Crippen LogP contribution is -2.47. The van der Waals surface area contributed by atoms with Gasteiger partial charge in [0, 0.05) is 44.0 Å². The van der Waals surface area contributed by atoms with Crippen molar-refractivity contribution in [3.63, 3.8) is 0 Å². The third-order valence-corrected chi connectivity index (χ3v) is 5.25. The average molecular weight is 339 g/mol. The molecule has 1 fully saturated rings. The van der Waals surface area contributed by atoms with Gasteiger partial charge in [0.15, 0.2) is 5.78 Å². The summed E-state index contributed by atoms with van der Waals surface area (Å²) in [5, 5.41) is 8.84. The molecule has 2 aromatic rings. The fourth-order valence-electron chi connectivity index (χ4n) is 2.98. The number of nitriles is 1. The first-order valence-electron chi connectivity index (χ1n) is 8.22. The maximum absolute atomic E-state index is 12.2. The molecule has 0 bridgehead atoms. The highest BCUT2D eigenvalue weighted by Gasteiger charge is 2.19. The van der Waals surface area contributed by atoms with Gasteiger partial charge in [-0.2, -0.15) is 5.26 Å². The molecular weight excluding hydrogens is 318 g/mol. The molecule has 0 N–H and O–H groups in total. The minimum atomic E-state index is 0.234. The first-order valence-corrected chi connectivity index (χ1v) is 9.04. The van der Waals surface area contributed by atoms with Crippen LogP contribution in [0.4, 0.5) is 0 Å². The first-order chi connectivity index (χ1) is 11.7. The molecule has 124 valence electrons. The van der Waals surface area contributed by atoms with E-state index < -0.39 is 0 Å². The molecule has 5 heteroatoms. The molecule has 2 heterocycles. The highest BCUT2D eigenvalue weighted by Crippen LogP contribution is 2.16. The standard InChI is InChI=1S/C19H21N3OS/c20-13-19-7-6-18(24-19)12-17(23)15-22-10-8-21(9-11-22)14-16-4-2-1-3-5-16/h1-7H,8-12,14-15H2. The van der Waals surface area contributed by atoms with Crippen LogP contribution in [0.25, 0.3) is 0 Å². The Hall–Kier alpha value is -2.00. The van der Waals surface area contributed by atoms with E-state index in [-0.39, 0.29) is 5.78 Å². The summed E-state index contributed by atoms with van der Waals surface area (Å²) in [7, 11) is 0. The van der Waals surface area contributed by atoms with Crippen LogP contribution < -0.4 is 0 Å². The average Bonchev–Trinajstić information content (AvgIpc) is 3.05. The molecule has 0 spiro atoms. The molecule has 24 heavy (non-hydrogen) atoms. The molecule has 3 rings (SSSR count). The van der Waals surface area contributed by atoms with E-state index >= 15 is 0 Å². The molecule has 1 aromatic carbocycles. The van der Waals surface area contributed by atoms with E-state index in [9.17, 15) is 4.79 Å². The lowest BCUT2D eigenvalue weighted by Gasteiger charge is -2.34. The van der Waals surface area contributed by atoms with Gasteiger partial charge in [-0.3, -0.25) is 14.6 Å². The highest BCUT2D eigenvalue weighted by atomic mass is 32.1. The van der Waals surface area contributed by atoms with Crippen LogP contribution in [0.5, 0.6) is 0 Å². The van der Waals surface area contributed by atoms with Gasteiger partial charge in [0.25, 0.3) is 0 Å². The number of Topliss-reactive ketones (excluding diaryl/α,β-unsaturated/α-hetero) is 1. The van der Waals surface area contributed by atoms with Gasteiger partial charge in [-0.25, -0.2) is 0 Å². The van der Waals surface area contributed by atoms with Crippen molar-refractivity contribution in [3.05, 3.63) is 57.8 Å². The van der Waals surface area contributed by atoms with Gasteiger partial charge >= 0.3 is 0 Å². The van der Waals surface area contributed by atoms with Crippen LogP contribution in [0.1, 0.15) is 15.3 Å². The van der Waals surface area contributed by atoms with Crippen LogP contribution in [0.2, 0.25) is 0 Å². The quantitative estimate of drug-likeness (QED) is 0.811. The lowest BCUT2D eigenvalue weighted by molar-refractivity contribution is -0.119. The van der Waals surface area contributed by atoms with E-state index in [0.29, 0.717) is 17.8 Å². The predicted molar refractivity (Wildman–Crippen MR) is 95.9 cm³/mol. The van der Waals surface area contributed by atoms with Gasteiger partial charge in [0.1, 0.15) is 10.9 Å². The summed E-state index contributed by atoms with van der Waals surface area (Å²) in [6, 6.07) is 16.3. The molecule has 0 amide bonds. The van der Waals surface area contributed by atoms with Gasteiger partial charge in [-0.15, -0.1) is 11.3 Å². The van der Waals surface area contributed by atoms with Crippen molar-refractivity contribution < 1.29 is 4.79 Å². The van der Waals surface area contributed by atoms with Crippen molar-refractivity contribution >= 4 is 17.1 Å². The van der Waals surface area contributed by atoms with Crippen molar-refractivity contribution in [2.75, 3.05) is 32.7 Å². The van der Waals surface area contributed by atoms with Crippen LogP contribution in [0.15, 0.2) is 42.5 Å². The summed E-state index contributed by atoms with van der Waals surface area (Å²) in [4.78, 5) is 18.6. The Balaban J connectivity index is 1.42. The predicted octanol–water partition coefficient (Wildman–Crippen LogP) is 2.55. The molecule has 0 unspecified atom stereocenters. The van der Waals surface area contributed by atoms with Gasteiger partial charge in [0.2, 0.25) is 0 Å². The number of nitrogens with zero attached hydrogens (tertiary/aromatic N) is 3. The zero-order valence-electron chi connectivity index (χ0n) is 13.6. The third kappa shape index (κ3) is 4.75. The summed E-state index contributed by atoms with van der Waals surface area (Å²) < 4.78 is 0. The monoisotopic (exact) mass is 339 g/mol. The molecule has 0 saturated carbocycles. The Morgan fingerprint density at radius 2 is 1.75 bits per heavy atom. The van der Waals surface area contributed by atoms with E-state index in [1.54, 1.807) is 6.07 Å². The van der Waals surface area contributed by atoms with Crippen LogP contribution in [-0.2, 0) is 17.8 Å². The van der Waals surface area contributed by atoms with Crippen LogP contribution in [0.3, 0.4) is 0 Å². The molecule has 0 atom stereocenters. The Morgan fingerprint density at radius 1 is 1.04 bits per heavy atom. The van der Waals surface area contributed by atoms with Crippen molar-refractivity contribution in [1.29, 1.82) is 5.26 Å². The largest absolute Gasteiger partial charge is 0.298 e. The summed E-state index contributed by atoms with van der Waals surface area (Å²) >= 11 is 1.42. The number of carbonyl (C=O) groups excluding carboxylic acids is 1. The Labute approximate surface area is 146 Å². The maximum atomic E-state index is 12.2. The second-order valence-electron chi connectivity index (χ2n) is 6.13. The topological polar surface area (TPSA) is 47.3 Å². The zero-order valence-corrected chi connectivity index (χ0v) is 14.5. The van der Waals surface area contributed by atoms with Crippen LogP contribution in [-0.4, -0.2) is 48.3 Å². The summed E-state index contributed by atoms with van der Waals surface area (Å²) in [5.41, 5.74) is 1.34. The van der Waals surface area contributed by atoms with Crippen LogP contribution >= 0.6 is 11.3 Å². The second-order valence-corrected chi connectivity index (χ2v) is 7.30. The first kappa shape index (κ1) is 16.8. The molecule has 0 radical (unpaired) electrons. The van der Waals surface area contributed by atoms with E-state index in [4.69, 9.17) is 5.26 Å². The lowest BCUT2D eigenvalue weighted by atomic mass is 10.2. The summed E-state index contributed by atoms with van der Waals surface area (Å²) in [5.74, 6) is 0.234. The number of benzene rings is 1. The van der Waals surface area contributed by atoms with Crippen LogP contribution in [0, 0.1) is 11.3 Å². The number of thiophene rings is 1. The Morgan fingerprint density at radius 3 is 2.42 bits per heavy atom. The van der Waals surface area contributed by atoms with Crippen molar-refractivity contribution in [1.82, 2.24) is 9.80 Å². The second kappa shape index (κ2) is 8.20. The fraction of sp³-hybridized carbons (Fsp3) is 0.368. The Bertz CT molecular complexity index is 712. The number of rotatable bonds is 6. The minimum Gasteiger partial charge on any atom is -0.298 e. The van der Waals surface area contributed by atoms with E-state index in [0.717, 1.165) is 37.6 Å². The molecule has 4 nitrogen and oxygen atoms in total. The van der Waals surface area contributed by atoms with Crippen molar-refractivity contribution in [3.8, 4) is 6.07 Å². The molecular formula is C19H21N3OS.